The Morgan fingerprint density at radius 3 is 2.59 bits per heavy atom. The van der Waals surface area contributed by atoms with Crippen molar-refractivity contribution < 1.29 is 4.79 Å². The van der Waals surface area contributed by atoms with Crippen LogP contribution >= 0.6 is 0 Å². The van der Waals surface area contributed by atoms with Gasteiger partial charge in [-0.3, -0.25) is 14.7 Å². The second kappa shape index (κ2) is 10.9. The average Bonchev–Trinajstić information content (AvgIpc) is 2.92. The normalized spacial score (nSPS) is 14.4. The zero-order valence-electron chi connectivity index (χ0n) is 21.2. The average molecular weight is 494 g/mol. The second-order valence-corrected chi connectivity index (χ2v) is 9.49. The van der Waals surface area contributed by atoms with Crippen LogP contribution in [0.5, 0.6) is 0 Å². The van der Waals surface area contributed by atoms with E-state index >= 15 is 0 Å². The molecule has 1 saturated heterocycles. The van der Waals surface area contributed by atoms with Gasteiger partial charge in [0.25, 0.3) is 0 Å². The highest BCUT2D eigenvalue weighted by Gasteiger charge is 2.17. The molecule has 4 aromatic rings. The van der Waals surface area contributed by atoms with Crippen LogP contribution in [0, 0.1) is 6.92 Å². The van der Waals surface area contributed by atoms with Crippen molar-refractivity contribution in [3.05, 3.63) is 89.9 Å². The lowest BCUT2D eigenvalue weighted by Gasteiger charge is -2.32. The maximum atomic E-state index is 12.3. The minimum atomic E-state index is -0.441. The molecule has 5 rings (SSSR count). The summed E-state index contributed by atoms with van der Waals surface area (Å²) >= 11 is 0. The topological polar surface area (TPSA) is 100 Å². The molecule has 1 aliphatic heterocycles. The monoisotopic (exact) mass is 493 g/mol. The van der Waals surface area contributed by atoms with Crippen LogP contribution in [-0.2, 0) is 6.54 Å². The molecule has 0 aliphatic carbocycles. The van der Waals surface area contributed by atoms with E-state index in [4.69, 9.17) is 5.73 Å². The maximum Gasteiger partial charge on any atom is 0.249 e. The Kier molecular flexibility index (Phi) is 7.20. The number of primary amides is 1. The molecule has 8 heteroatoms. The van der Waals surface area contributed by atoms with Crippen molar-refractivity contribution in [2.45, 2.75) is 13.5 Å². The van der Waals surface area contributed by atoms with Crippen molar-refractivity contribution in [1.29, 1.82) is 0 Å². The minimum Gasteiger partial charge on any atom is -0.366 e. The predicted molar refractivity (Wildman–Crippen MR) is 146 cm³/mol. The number of nitrogens with zero attached hydrogens (tertiary/aromatic N) is 5. The lowest BCUT2D eigenvalue weighted by molar-refractivity contribution is 0.100. The van der Waals surface area contributed by atoms with Crippen molar-refractivity contribution in [3.8, 4) is 22.4 Å². The molecule has 1 aliphatic rings. The van der Waals surface area contributed by atoms with E-state index in [0.29, 0.717) is 11.5 Å². The smallest absolute Gasteiger partial charge is 0.249 e. The van der Waals surface area contributed by atoms with E-state index in [1.54, 1.807) is 18.6 Å². The lowest BCUT2D eigenvalue weighted by Crippen LogP contribution is -2.43. The SMILES string of the molecule is Cc1ccc(-c2cc(CN3CCN(C)CC3)ccc2C(N)=O)cc1Nc1nccc(-c2cccnc2)n1. The molecule has 2 aromatic carbocycles. The van der Waals surface area contributed by atoms with E-state index in [1.807, 2.05) is 55.5 Å². The number of benzene rings is 2. The number of piperazine rings is 1. The number of hydrogen-bond acceptors (Lipinski definition) is 7. The summed E-state index contributed by atoms with van der Waals surface area (Å²) in [6, 6.07) is 17.7. The van der Waals surface area contributed by atoms with Crippen LogP contribution in [0.1, 0.15) is 21.5 Å². The van der Waals surface area contributed by atoms with Crippen molar-refractivity contribution >= 4 is 17.5 Å². The number of pyridine rings is 1. The molecule has 3 N–H and O–H groups in total. The number of nitrogens with two attached hydrogens (primary N) is 1. The van der Waals surface area contributed by atoms with E-state index in [0.717, 1.165) is 71.9 Å². The highest BCUT2D eigenvalue weighted by molar-refractivity contribution is 6.00. The van der Waals surface area contributed by atoms with Gasteiger partial charge < -0.3 is 16.0 Å². The van der Waals surface area contributed by atoms with E-state index in [9.17, 15) is 4.79 Å². The molecule has 37 heavy (non-hydrogen) atoms. The molecule has 0 spiro atoms. The van der Waals surface area contributed by atoms with E-state index in [-0.39, 0.29) is 0 Å². The van der Waals surface area contributed by atoms with Gasteiger partial charge in [-0.25, -0.2) is 9.97 Å². The van der Waals surface area contributed by atoms with Crippen molar-refractivity contribution in [2.24, 2.45) is 5.73 Å². The molecule has 0 unspecified atom stereocenters. The molecule has 2 aromatic heterocycles. The first kappa shape index (κ1) is 24.5. The Balaban J connectivity index is 1.44. The van der Waals surface area contributed by atoms with Crippen molar-refractivity contribution in [1.82, 2.24) is 24.8 Å². The van der Waals surface area contributed by atoms with Crippen LogP contribution in [0.3, 0.4) is 0 Å². The maximum absolute atomic E-state index is 12.3. The molecule has 1 fully saturated rings. The summed E-state index contributed by atoms with van der Waals surface area (Å²) in [6.45, 7) is 7.04. The van der Waals surface area contributed by atoms with Crippen molar-refractivity contribution in [2.75, 3.05) is 38.5 Å². The van der Waals surface area contributed by atoms with Gasteiger partial charge in [0, 0.05) is 68.1 Å². The van der Waals surface area contributed by atoms with Gasteiger partial charge in [-0.15, -0.1) is 0 Å². The van der Waals surface area contributed by atoms with Crippen LogP contribution in [0.25, 0.3) is 22.4 Å². The van der Waals surface area contributed by atoms with Crippen LogP contribution in [0.4, 0.5) is 11.6 Å². The Morgan fingerprint density at radius 1 is 1.00 bits per heavy atom. The summed E-state index contributed by atoms with van der Waals surface area (Å²) in [7, 11) is 2.15. The quantitative estimate of drug-likeness (QED) is 0.400. The summed E-state index contributed by atoms with van der Waals surface area (Å²) in [6.07, 6.45) is 5.24. The third-order valence-electron chi connectivity index (χ3n) is 6.76. The molecule has 3 heterocycles. The van der Waals surface area contributed by atoms with Gasteiger partial charge in [0.05, 0.1) is 5.69 Å². The standard InChI is InChI=1S/C29H31N7O/c1-20-5-7-22(17-27(20)34-29-32-11-9-26(33-29)23-4-3-10-31-18-23)25-16-21(6-8-24(25)28(30)37)19-36-14-12-35(2)13-15-36/h3-11,16-18H,12-15,19H2,1-2H3,(H2,30,37)(H,32,33,34). The molecule has 188 valence electrons. The third-order valence-corrected chi connectivity index (χ3v) is 6.76. The van der Waals surface area contributed by atoms with E-state index < -0.39 is 5.91 Å². The number of nitrogens with one attached hydrogen (secondary N) is 1. The molecule has 8 nitrogen and oxygen atoms in total. The largest absolute Gasteiger partial charge is 0.366 e. The molecule has 0 bridgehead atoms. The Bertz CT molecular complexity index is 1400. The molecular weight excluding hydrogens is 462 g/mol. The number of aromatic nitrogens is 3. The zero-order valence-corrected chi connectivity index (χ0v) is 21.2. The predicted octanol–water partition coefficient (Wildman–Crippen LogP) is 4.10. The Hall–Kier alpha value is -4.14. The molecule has 0 radical (unpaired) electrons. The number of carbonyl (C=O) groups is 1. The third kappa shape index (κ3) is 5.82. The fourth-order valence-corrected chi connectivity index (χ4v) is 4.55. The summed E-state index contributed by atoms with van der Waals surface area (Å²) in [4.78, 5) is 30.4. The van der Waals surface area contributed by atoms with Crippen LogP contribution in [0.15, 0.2) is 73.2 Å². The van der Waals surface area contributed by atoms with Crippen molar-refractivity contribution in [3.63, 3.8) is 0 Å². The fraction of sp³-hybridized carbons (Fsp3) is 0.241. The first-order chi connectivity index (χ1) is 18.0. The van der Waals surface area contributed by atoms with Crippen LogP contribution in [0.2, 0.25) is 0 Å². The first-order valence-corrected chi connectivity index (χ1v) is 12.4. The van der Waals surface area contributed by atoms with Gasteiger partial charge in [-0.1, -0.05) is 18.2 Å². The first-order valence-electron chi connectivity index (χ1n) is 12.4. The van der Waals surface area contributed by atoms with Gasteiger partial charge >= 0.3 is 0 Å². The number of aryl methyl sites for hydroxylation is 1. The van der Waals surface area contributed by atoms with E-state index in [2.05, 4.69) is 43.2 Å². The van der Waals surface area contributed by atoms with Gasteiger partial charge in [0.2, 0.25) is 11.9 Å². The molecule has 0 atom stereocenters. The summed E-state index contributed by atoms with van der Waals surface area (Å²) < 4.78 is 0. The Labute approximate surface area is 217 Å². The van der Waals surface area contributed by atoms with Crippen LogP contribution in [-0.4, -0.2) is 63.9 Å². The fourth-order valence-electron chi connectivity index (χ4n) is 4.55. The number of hydrogen-bond donors (Lipinski definition) is 2. The number of anilines is 2. The van der Waals surface area contributed by atoms with Gasteiger partial charge in [-0.2, -0.15) is 0 Å². The second-order valence-electron chi connectivity index (χ2n) is 9.49. The number of carbonyl (C=O) groups excluding carboxylic acids is 1. The Morgan fingerprint density at radius 2 is 1.84 bits per heavy atom. The minimum absolute atomic E-state index is 0.441. The lowest BCUT2D eigenvalue weighted by atomic mass is 9.95. The molecule has 0 saturated carbocycles. The highest BCUT2D eigenvalue weighted by Crippen LogP contribution is 2.31. The molecule has 1 amide bonds. The van der Waals surface area contributed by atoms with Gasteiger partial charge in [0.15, 0.2) is 0 Å². The number of rotatable bonds is 7. The summed E-state index contributed by atoms with van der Waals surface area (Å²) in [5, 5.41) is 3.35. The summed E-state index contributed by atoms with van der Waals surface area (Å²) in [5.74, 6) is 0.0456. The zero-order chi connectivity index (χ0) is 25.8. The highest BCUT2D eigenvalue weighted by atomic mass is 16.1. The van der Waals surface area contributed by atoms with Crippen LogP contribution < -0.4 is 11.1 Å². The summed E-state index contributed by atoms with van der Waals surface area (Å²) in [5.41, 5.74) is 12.8. The number of likely N-dealkylation sites (N-methyl/N-ethyl adjacent to an activating group) is 1. The van der Waals surface area contributed by atoms with E-state index in [1.165, 1.54) is 0 Å². The molecular formula is C29H31N7O. The van der Waals surface area contributed by atoms with Gasteiger partial charge in [0.1, 0.15) is 0 Å². The van der Waals surface area contributed by atoms with Gasteiger partial charge in [-0.05, 0) is 72.6 Å². The number of amides is 1.